The maximum Gasteiger partial charge on any atom is 0.227 e. The van der Waals surface area contributed by atoms with Crippen LogP contribution in [0, 0.1) is 29.6 Å². The monoisotopic (exact) mass is 397 g/mol. The first-order valence-corrected chi connectivity index (χ1v) is 9.38. The van der Waals surface area contributed by atoms with E-state index < -0.39 is 5.41 Å². The van der Waals surface area contributed by atoms with Crippen LogP contribution in [-0.4, -0.2) is 33.2 Å². The smallest absolute Gasteiger partial charge is 0.227 e. The minimum Gasteiger partial charge on any atom is -0.395 e. The molecule has 4 rings (SSSR count). The Labute approximate surface area is 173 Å². The predicted octanol–water partition coefficient (Wildman–Crippen LogP) is 3.01. The molecule has 0 fully saturated rings. The van der Waals surface area contributed by atoms with Crippen LogP contribution in [0.25, 0.3) is 11.3 Å². The van der Waals surface area contributed by atoms with Gasteiger partial charge in [0.15, 0.2) is 0 Å². The molecule has 0 saturated heterocycles. The number of pyridine rings is 1. The van der Waals surface area contributed by atoms with Gasteiger partial charge >= 0.3 is 0 Å². The molecule has 0 unspecified atom stereocenters. The number of aliphatic hydroxyl groups excluding tert-OH is 1. The first-order chi connectivity index (χ1) is 14.5. The number of nitrogens with one attached hydrogen (secondary N) is 2. The van der Waals surface area contributed by atoms with E-state index in [2.05, 4.69) is 31.7 Å². The highest BCUT2D eigenvalue weighted by Crippen LogP contribution is 2.41. The van der Waals surface area contributed by atoms with Crippen molar-refractivity contribution in [2.75, 3.05) is 23.8 Å². The topological polar surface area (TPSA) is 131 Å². The number of benzene rings is 1. The van der Waals surface area contributed by atoms with Crippen molar-refractivity contribution in [3.05, 3.63) is 59.0 Å². The molecule has 0 bridgehead atoms. The lowest BCUT2D eigenvalue weighted by Crippen LogP contribution is -2.28. The van der Waals surface area contributed by atoms with Crippen molar-refractivity contribution in [2.45, 2.75) is 19.3 Å². The molecule has 8 nitrogen and oxygen atoms in total. The average Bonchev–Trinajstić information content (AvgIpc) is 3.12. The fourth-order valence-electron chi connectivity index (χ4n) is 3.48. The van der Waals surface area contributed by atoms with Gasteiger partial charge in [0, 0.05) is 35.6 Å². The highest BCUT2D eigenvalue weighted by atomic mass is 16.3. The van der Waals surface area contributed by atoms with E-state index in [0.717, 1.165) is 22.4 Å². The second-order valence-electron chi connectivity index (χ2n) is 7.52. The number of aryl methyl sites for hydroxylation is 1. The highest BCUT2D eigenvalue weighted by Gasteiger charge is 2.35. The van der Waals surface area contributed by atoms with E-state index in [9.17, 15) is 10.4 Å². The molecule has 3 aromatic rings. The Kier molecular flexibility index (Phi) is 4.78. The van der Waals surface area contributed by atoms with Crippen molar-refractivity contribution in [3.8, 4) is 23.4 Å². The zero-order chi connectivity index (χ0) is 21.3. The second kappa shape index (κ2) is 7.43. The van der Waals surface area contributed by atoms with Gasteiger partial charge in [0.05, 0.1) is 23.6 Å². The van der Waals surface area contributed by atoms with Gasteiger partial charge in [-0.15, -0.1) is 0 Å². The Hall–Kier alpha value is -4.01. The van der Waals surface area contributed by atoms with Crippen molar-refractivity contribution in [1.29, 1.82) is 10.5 Å². The number of aliphatic hydroxyl groups is 1. The van der Waals surface area contributed by atoms with Gasteiger partial charge in [-0.05, 0) is 42.3 Å². The van der Waals surface area contributed by atoms with Gasteiger partial charge in [0.2, 0.25) is 5.95 Å². The third kappa shape index (κ3) is 3.30. The average molecular weight is 397 g/mol. The first kappa shape index (κ1) is 19.3. The summed E-state index contributed by atoms with van der Waals surface area (Å²) in [6, 6.07) is 11.4. The van der Waals surface area contributed by atoms with Crippen molar-refractivity contribution >= 4 is 17.3 Å². The lowest BCUT2D eigenvalue weighted by atomic mass is 9.83. The van der Waals surface area contributed by atoms with Gasteiger partial charge in [-0.3, -0.25) is 0 Å². The number of fused-ring (bicyclic) bond motifs is 1. The van der Waals surface area contributed by atoms with E-state index in [1.54, 1.807) is 30.6 Å². The SMILES string of the molecule is Cc1cnc(C#N)cc1Nc1nccc(-c2cc(C#N)c3c(c2)[C@@](C)(CO)CN3)n1. The fraction of sp³-hybridized carbons (Fsp3) is 0.227. The first-order valence-electron chi connectivity index (χ1n) is 9.38. The minimum atomic E-state index is -0.465. The van der Waals surface area contributed by atoms with Crippen LogP contribution in [0.3, 0.4) is 0 Å². The molecule has 0 radical (unpaired) electrons. The normalized spacial score (nSPS) is 16.8. The molecule has 148 valence electrons. The number of hydrogen-bond donors (Lipinski definition) is 3. The van der Waals surface area contributed by atoms with Gasteiger partial charge in [0.1, 0.15) is 17.8 Å². The van der Waals surface area contributed by atoms with Gasteiger partial charge in [-0.2, -0.15) is 10.5 Å². The Morgan fingerprint density at radius 2 is 2.07 bits per heavy atom. The maximum atomic E-state index is 9.89. The molecular formula is C22H19N7O. The molecule has 8 heteroatoms. The molecule has 0 amide bonds. The van der Waals surface area contributed by atoms with Crippen molar-refractivity contribution in [1.82, 2.24) is 15.0 Å². The molecule has 1 aromatic carbocycles. The molecule has 3 N–H and O–H groups in total. The number of nitriles is 2. The number of hydrogen-bond acceptors (Lipinski definition) is 8. The van der Waals surface area contributed by atoms with Gasteiger partial charge in [-0.1, -0.05) is 6.92 Å². The summed E-state index contributed by atoms with van der Waals surface area (Å²) in [5.41, 5.74) is 4.97. The molecule has 0 spiro atoms. The number of anilines is 3. The molecular weight excluding hydrogens is 378 g/mol. The van der Waals surface area contributed by atoms with Crippen molar-refractivity contribution < 1.29 is 5.11 Å². The van der Waals surface area contributed by atoms with E-state index in [-0.39, 0.29) is 6.61 Å². The van der Waals surface area contributed by atoms with Gasteiger partial charge < -0.3 is 15.7 Å². The largest absolute Gasteiger partial charge is 0.395 e. The van der Waals surface area contributed by atoms with E-state index >= 15 is 0 Å². The Bertz CT molecular complexity index is 1230. The zero-order valence-electron chi connectivity index (χ0n) is 16.6. The third-order valence-corrected chi connectivity index (χ3v) is 5.33. The number of nitrogens with zero attached hydrogens (tertiary/aromatic N) is 5. The molecule has 1 atom stereocenters. The quantitative estimate of drug-likeness (QED) is 0.612. The molecule has 0 aliphatic carbocycles. The Morgan fingerprint density at radius 3 is 2.80 bits per heavy atom. The van der Waals surface area contributed by atoms with Crippen LogP contribution < -0.4 is 10.6 Å². The summed E-state index contributed by atoms with van der Waals surface area (Å²) in [7, 11) is 0. The lowest BCUT2D eigenvalue weighted by molar-refractivity contribution is 0.219. The van der Waals surface area contributed by atoms with Crippen LogP contribution in [-0.2, 0) is 5.41 Å². The molecule has 3 heterocycles. The van der Waals surface area contributed by atoms with E-state index in [1.165, 1.54) is 0 Å². The van der Waals surface area contributed by atoms with Crippen molar-refractivity contribution in [3.63, 3.8) is 0 Å². The molecule has 0 saturated carbocycles. The van der Waals surface area contributed by atoms with E-state index in [1.807, 2.05) is 26.0 Å². The van der Waals surface area contributed by atoms with Crippen LogP contribution in [0.15, 0.2) is 36.7 Å². The molecule has 1 aliphatic rings. The summed E-state index contributed by atoms with van der Waals surface area (Å²) in [5, 5.41) is 35.0. The molecule has 30 heavy (non-hydrogen) atoms. The zero-order valence-corrected chi connectivity index (χ0v) is 16.6. The summed E-state index contributed by atoms with van der Waals surface area (Å²) in [6.07, 6.45) is 3.25. The lowest BCUT2D eigenvalue weighted by Gasteiger charge is -2.21. The second-order valence-corrected chi connectivity index (χ2v) is 7.52. The fourth-order valence-corrected chi connectivity index (χ4v) is 3.48. The third-order valence-electron chi connectivity index (χ3n) is 5.33. The maximum absolute atomic E-state index is 9.89. The van der Waals surface area contributed by atoms with Crippen LogP contribution in [0.5, 0.6) is 0 Å². The number of aromatic nitrogens is 3. The summed E-state index contributed by atoms with van der Waals surface area (Å²) in [4.78, 5) is 12.9. The van der Waals surface area contributed by atoms with Crippen LogP contribution in [0.1, 0.15) is 29.3 Å². The van der Waals surface area contributed by atoms with Crippen LogP contribution in [0.4, 0.5) is 17.3 Å². The van der Waals surface area contributed by atoms with Gasteiger partial charge in [0.25, 0.3) is 0 Å². The predicted molar refractivity (Wildman–Crippen MR) is 112 cm³/mol. The number of rotatable bonds is 4. The van der Waals surface area contributed by atoms with Crippen molar-refractivity contribution in [2.24, 2.45) is 0 Å². The van der Waals surface area contributed by atoms with Gasteiger partial charge in [-0.25, -0.2) is 15.0 Å². The summed E-state index contributed by atoms with van der Waals surface area (Å²) in [6.45, 7) is 4.38. The summed E-state index contributed by atoms with van der Waals surface area (Å²) in [5.74, 6) is 0.368. The highest BCUT2D eigenvalue weighted by molar-refractivity contribution is 5.76. The Balaban J connectivity index is 1.75. The minimum absolute atomic E-state index is 0.0273. The summed E-state index contributed by atoms with van der Waals surface area (Å²) < 4.78 is 0. The summed E-state index contributed by atoms with van der Waals surface area (Å²) >= 11 is 0. The standard InChI is InChI=1S/C22H19N7O/c1-13-10-26-16(9-24)7-19(13)29-21-25-4-3-18(28-21)14-5-15(8-23)20-17(6-14)22(2,12-30)11-27-20/h3-7,10,27,30H,11-12H2,1-2H3,(H,25,26,28,29)/t22-/m1/s1. The van der Waals surface area contributed by atoms with Crippen LogP contribution in [0.2, 0.25) is 0 Å². The van der Waals surface area contributed by atoms with E-state index in [0.29, 0.717) is 35.1 Å². The molecule has 2 aromatic heterocycles. The molecule has 1 aliphatic heterocycles. The Morgan fingerprint density at radius 1 is 1.23 bits per heavy atom. The van der Waals surface area contributed by atoms with Crippen LogP contribution >= 0.6 is 0 Å². The van der Waals surface area contributed by atoms with E-state index in [4.69, 9.17) is 5.26 Å².